The van der Waals surface area contributed by atoms with E-state index in [-0.39, 0.29) is 17.4 Å². The van der Waals surface area contributed by atoms with Gasteiger partial charge in [-0.05, 0) is 37.3 Å². The average molecular weight is 301 g/mol. The third-order valence-electron chi connectivity index (χ3n) is 4.31. The van der Waals surface area contributed by atoms with Gasteiger partial charge in [0.1, 0.15) is 5.82 Å². The van der Waals surface area contributed by atoms with Crippen LogP contribution < -0.4 is 10.5 Å². The van der Waals surface area contributed by atoms with Gasteiger partial charge in [0.2, 0.25) is 0 Å². The molecule has 1 saturated heterocycles. The number of hydrogen-bond donors (Lipinski definition) is 0. The Balaban J connectivity index is 1.90. The molecule has 1 unspecified atom stereocenters. The summed E-state index contributed by atoms with van der Waals surface area (Å²) >= 11 is 0. The molecule has 1 aromatic heterocycles. The first-order valence-electron chi connectivity index (χ1n) is 7.68. The molecule has 4 nitrogen and oxygen atoms in total. The van der Waals surface area contributed by atoms with E-state index in [1.165, 1.54) is 10.6 Å². The second-order valence-electron chi connectivity index (χ2n) is 5.81. The second kappa shape index (κ2) is 6.30. The molecule has 22 heavy (non-hydrogen) atoms. The molecule has 1 fully saturated rings. The lowest BCUT2D eigenvalue weighted by molar-refractivity contribution is 0.445. The third-order valence-corrected chi connectivity index (χ3v) is 4.31. The fourth-order valence-corrected chi connectivity index (χ4v) is 3.09. The van der Waals surface area contributed by atoms with Crippen molar-refractivity contribution in [3.8, 4) is 0 Å². The fraction of sp³-hybridized carbons (Fsp3) is 0.412. The van der Waals surface area contributed by atoms with Crippen LogP contribution in [0.3, 0.4) is 0 Å². The minimum atomic E-state index is -0.179. The standard InChI is InChI=1S/C17H20FN3O/c1-20-11-9-19-16(17(20)22)21-10-5-4-7-14(21)12-13-6-2-3-8-15(13)18/h2-3,6,8-9,11,14H,4-5,7,10,12H2,1H3. The van der Waals surface area contributed by atoms with Crippen molar-refractivity contribution in [2.75, 3.05) is 11.4 Å². The molecular weight excluding hydrogens is 281 g/mol. The van der Waals surface area contributed by atoms with Crippen molar-refractivity contribution in [3.05, 3.63) is 58.4 Å². The van der Waals surface area contributed by atoms with Crippen molar-refractivity contribution >= 4 is 5.82 Å². The third kappa shape index (κ3) is 2.89. The van der Waals surface area contributed by atoms with Gasteiger partial charge in [0.05, 0.1) is 0 Å². The van der Waals surface area contributed by atoms with Crippen molar-refractivity contribution in [3.63, 3.8) is 0 Å². The van der Waals surface area contributed by atoms with E-state index in [1.54, 1.807) is 25.5 Å². The maximum absolute atomic E-state index is 13.9. The van der Waals surface area contributed by atoms with Gasteiger partial charge >= 0.3 is 0 Å². The van der Waals surface area contributed by atoms with Gasteiger partial charge in [0.15, 0.2) is 5.82 Å². The highest BCUT2D eigenvalue weighted by Gasteiger charge is 2.26. The van der Waals surface area contributed by atoms with E-state index in [9.17, 15) is 9.18 Å². The predicted octanol–water partition coefficient (Wildman–Crippen LogP) is 2.52. The van der Waals surface area contributed by atoms with Crippen LogP contribution in [-0.2, 0) is 13.5 Å². The van der Waals surface area contributed by atoms with Crippen molar-refractivity contribution in [1.29, 1.82) is 0 Å². The minimum Gasteiger partial charge on any atom is -0.349 e. The summed E-state index contributed by atoms with van der Waals surface area (Å²) in [6, 6.07) is 6.98. The Labute approximate surface area is 129 Å². The summed E-state index contributed by atoms with van der Waals surface area (Å²) in [6.07, 6.45) is 6.99. The molecular formula is C17H20FN3O. The van der Waals surface area contributed by atoms with Crippen molar-refractivity contribution in [1.82, 2.24) is 9.55 Å². The number of piperidine rings is 1. The lowest BCUT2D eigenvalue weighted by Crippen LogP contribution is -2.45. The van der Waals surface area contributed by atoms with Gasteiger partial charge in [-0.1, -0.05) is 18.2 Å². The molecule has 2 aromatic rings. The maximum atomic E-state index is 13.9. The SMILES string of the molecule is Cn1ccnc(N2CCCCC2Cc2ccccc2F)c1=O. The largest absolute Gasteiger partial charge is 0.349 e. The highest BCUT2D eigenvalue weighted by atomic mass is 19.1. The van der Waals surface area contributed by atoms with Crippen LogP contribution in [-0.4, -0.2) is 22.1 Å². The molecule has 3 rings (SSSR count). The van der Waals surface area contributed by atoms with Crippen LogP contribution in [0.4, 0.5) is 10.2 Å². The maximum Gasteiger partial charge on any atom is 0.293 e. The lowest BCUT2D eigenvalue weighted by atomic mass is 9.95. The Morgan fingerprint density at radius 2 is 2.14 bits per heavy atom. The normalized spacial score (nSPS) is 18.5. The number of aryl methyl sites for hydroxylation is 1. The van der Waals surface area contributed by atoms with Crippen LogP contribution in [0.1, 0.15) is 24.8 Å². The molecule has 1 atom stereocenters. The first kappa shape index (κ1) is 14.8. The second-order valence-corrected chi connectivity index (χ2v) is 5.81. The zero-order valence-electron chi connectivity index (χ0n) is 12.7. The van der Waals surface area contributed by atoms with Gasteiger partial charge in [0, 0.05) is 32.0 Å². The number of aromatic nitrogens is 2. The number of hydrogen-bond acceptors (Lipinski definition) is 3. The van der Waals surface area contributed by atoms with E-state index >= 15 is 0 Å². The Bertz CT molecular complexity index is 713. The van der Waals surface area contributed by atoms with E-state index in [1.807, 2.05) is 12.1 Å². The Kier molecular flexibility index (Phi) is 4.22. The van der Waals surface area contributed by atoms with Gasteiger partial charge < -0.3 is 9.47 Å². The smallest absolute Gasteiger partial charge is 0.293 e. The summed E-state index contributed by atoms with van der Waals surface area (Å²) in [6.45, 7) is 0.797. The molecule has 1 aromatic carbocycles. The van der Waals surface area contributed by atoms with Crippen LogP contribution in [0.2, 0.25) is 0 Å². The first-order chi connectivity index (χ1) is 10.7. The van der Waals surface area contributed by atoms with Crippen LogP contribution in [0.15, 0.2) is 41.5 Å². The van der Waals surface area contributed by atoms with Crippen LogP contribution >= 0.6 is 0 Å². The first-order valence-corrected chi connectivity index (χ1v) is 7.68. The van der Waals surface area contributed by atoms with Gasteiger partial charge in [0.25, 0.3) is 5.56 Å². The summed E-state index contributed by atoms with van der Waals surface area (Å²) < 4.78 is 15.5. The number of anilines is 1. The summed E-state index contributed by atoms with van der Waals surface area (Å²) in [5, 5.41) is 0. The zero-order valence-corrected chi connectivity index (χ0v) is 12.7. The van der Waals surface area contributed by atoms with Gasteiger partial charge in [-0.25, -0.2) is 9.37 Å². The summed E-state index contributed by atoms with van der Waals surface area (Å²) in [4.78, 5) is 18.6. The number of nitrogens with zero attached hydrogens (tertiary/aromatic N) is 3. The number of rotatable bonds is 3. The summed E-state index contributed by atoms with van der Waals surface area (Å²) in [5.74, 6) is 0.299. The molecule has 0 amide bonds. The van der Waals surface area contributed by atoms with Crippen LogP contribution in [0.5, 0.6) is 0 Å². The van der Waals surface area contributed by atoms with Gasteiger partial charge in [-0.3, -0.25) is 4.79 Å². The monoisotopic (exact) mass is 301 g/mol. The molecule has 0 N–H and O–H groups in total. The summed E-state index contributed by atoms with van der Waals surface area (Å²) in [5.41, 5.74) is 0.607. The quantitative estimate of drug-likeness (QED) is 0.874. The Morgan fingerprint density at radius 3 is 2.95 bits per heavy atom. The van der Waals surface area contributed by atoms with E-state index in [2.05, 4.69) is 9.88 Å². The van der Waals surface area contributed by atoms with E-state index in [4.69, 9.17) is 0 Å². The summed E-state index contributed by atoms with van der Waals surface area (Å²) in [7, 11) is 1.73. The molecule has 1 aliphatic heterocycles. The number of halogens is 1. The molecule has 0 bridgehead atoms. The van der Waals surface area contributed by atoms with Crippen LogP contribution in [0, 0.1) is 5.82 Å². The zero-order chi connectivity index (χ0) is 15.5. The predicted molar refractivity (Wildman–Crippen MR) is 84.6 cm³/mol. The van der Waals surface area contributed by atoms with Crippen molar-refractivity contribution in [2.24, 2.45) is 7.05 Å². The highest BCUT2D eigenvalue weighted by molar-refractivity contribution is 5.39. The Morgan fingerprint density at radius 1 is 1.32 bits per heavy atom. The van der Waals surface area contributed by atoms with Crippen molar-refractivity contribution < 1.29 is 4.39 Å². The molecule has 0 spiro atoms. The van der Waals surface area contributed by atoms with E-state index in [0.29, 0.717) is 17.8 Å². The van der Waals surface area contributed by atoms with E-state index < -0.39 is 0 Å². The topological polar surface area (TPSA) is 38.1 Å². The molecule has 1 aliphatic rings. The lowest BCUT2D eigenvalue weighted by Gasteiger charge is -2.36. The fourth-order valence-electron chi connectivity index (χ4n) is 3.09. The molecule has 2 heterocycles. The molecule has 116 valence electrons. The van der Waals surface area contributed by atoms with Crippen LogP contribution in [0.25, 0.3) is 0 Å². The average Bonchev–Trinajstić information content (AvgIpc) is 2.53. The molecule has 0 radical (unpaired) electrons. The minimum absolute atomic E-state index is 0.0945. The molecule has 0 aliphatic carbocycles. The number of benzene rings is 1. The Hall–Kier alpha value is -2.17. The van der Waals surface area contributed by atoms with Crippen molar-refractivity contribution in [2.45, 2.75) is 31.7 Å². The van der Waals surface area contributed by atoms with Gasteiger partial charge in [-0.15, -0.1) is 0 Å². The molecule has 5 heteroatoms. The molecule has 0 saturated carbocycles. The highest BCUT2D eigenvalue weighted by Crippen LogP contribution is 2.24. The van der Waals surface area contributed by atoms with E-state index in [0.717, 1.165) is 25.8 Å². The van der Waals surface area contributed by atoms with Gasteiger partial charge in [-0.2, -0.15) is 0 Å².